The Morgan fingerprint density at radius 3 is 2.57 bits per heavy atom. The molecule has 0 aromatic heterocycles. The van der Waals surface area contributed by atoms with E-state index in [-0.39, 0.29) is 29.4 Å². The molecule has 3 rings (SSSR count). The van der Waals surface area contributed by atoms with Crippen LogP contribution in [0.15, 0.2) is 21.5 Å². The van der Waals surface area contributed by atoms with E-state index < -0.39 is 10.0 Å². The highest BCUT2D eigenvalue weighted by atomic mass is 79.9. The molecule has 130 valence electrons. The predicted molar refractivity (Wildman–Crippen MR) is 93.2 cm³/mol. The van der Waals surface area contributed by atoms with Gasteiger partial charge in [-0.1, -0.05) is 0 Å². The number of fused-ring (bicyclic) bond motifs is 1. The van der Waals surface area contributed by atoms with Crippen molar-refractivity contribution >= 4 is 38.4 Å². The molecule has 2 heterocycles. The summed E-state index contributed by atoms with van der Waals surface area (Å²) in [5.41, 5.74) is 0. The van der Waals surface area contributed by atoms with E-state index in [0.717, 1.165) is 19.4 Å². The Morgan fingerprint density at radius 1 is 1.26 bits per heavy atom. The maximum absolute atomic E-state index is 12.7. The molecule has 0 saturated carbocycles. The Kier molecular flexibility index (Phi) is 6.18. The Bertz CT molecular complexity index is 671. The molecule has 2 aliphatic rings. The van der Waals surface area contributed by atoms with Crippen LogP contribution in [0.2, 0.25) is 0 Å². The molecule has 0 spiro atoms. The highest BCUT2D eigenvalue weighted by molar-refractivity contribution is 9.10. The molecule has 1 aromatic rings. The van der Waals surface area contributed by atoms with E-state index in [4.69, 9.17) is 9.47 Å². The van der Waals surface area contributed by atoms with Crippen molar-refractivity contribution in [2.45, 2.75) is 36.7 Å². The first-order valence-electron chi connectivity index (χ1n) is 7.32. The Balaban J connectivity index is 0.00000192. The molecular formula is C14H20BrClN2O4S. The van der Waals surface area contributed by atoms with Gasteiger partial charge in [-0.15, -0.1) is 12.4 Å². The Morgan fingerprint density at radius 2 is 1.91 bits per heavy atom. The third-order valence-electron chi connectivity index (χ3n) is 3.95. The third kappa shape index (κ3) is 4.11. The topological polar surface area (TPSA) is 76.7 Å². The van der Waals surface area contributed by atoms with E-state index in [9.17, 15) is 8.42 Å². The first-order valence-corrected chi connectivity index (χ1v) is 9.60. The number of ether oxygens (including phenoxy) is 2. The lowest BCUT2D eigenvalue weighted by Gasteiger charge is -2.30. The zero-order chi connectivity index (χ0) is 15.7. The van der Waals surface area contributed by atoms with Crippen molar-refractivity contribution in [1.82, 2.24) is 10.0 Å². The second-order valence-electron chi connectivity index (χ2n) is 5.54. The lowest BCUT2D eigenvalue weighted by molar-refractivity contribution is 0.171. The normalized spacial score (nSPS) is 23.9. The van der Waals surface area contributed by atoms with E-state index in [2.05, 4.69) is 26.0 Å². The molecule has 0 amide bonds. The fraction of sp³-hybridized carbons (Fsp3) is 0.571. The van der Waals surface area contributed by atoms with Crippen molar-refractivity contribution < 1.29 is 17.9 Å². The first-order chi connectivity index (χ1) is 10.5. The first kappa shape index (κ1) is 18.8. The smallest absolute Gasteiger partial charge is 0.242 e. The van der Waals surface area contributed by atoms with Crippen molar-refractivity contribution in [3.05, 3.63) is 16.6 Å². The van der Waals surface area contributed by atoms with Crippen LogP contribution in [0.25, 0.3) is 0 Å². The largest absolute Gasteiger partial charge is 0.486 e. The van der Waals surface area contributed by atoms with Gasteiger partial charge in [-0.05, 0) is 48.3 Å². The zero-order valence-corrected chi connectivity index (χ0v) is 15.9. The van der Waals surface area contributed by atoms with Gasteiger partial charge >= 0.3 is 0 Å². The molecule has 2 atom stereocenters. The van der Waals surface area contributed by atoms with Crippen molar-refractivity contribution in [2.75, 3.05) is 19.8 Å². The summed E-state index contributed by atoms with van der Waals surface area (Å²) in [5.74, 6) is 1.02. The minimum Gasteiger partial charge on any atom is -0.486 e. The van der Waals surface area contributed by atoms with Gasteiger partial charge < -0.3 is 14.8 Å². The quantitative estimate of drug-likeness (QED) is 0.772. The van der Waals surface area contributed by atoms with Crippen LogP contribution in [0, 0.1) is 0 Å². The SMILES string of the molecule is CC1NCCCC1NS(=O)(=O)c1cc2c(cc1Br)OCCO2.Cl. The lowest BCUT2D eigenvalue weighted by Crippen LogP contribution is -2.51. The predicted octanol–water partition coefficient (Wildman–Crippen LogP) is 2.06. The van der Waals surface area contributed by atoms with Gasteiger partial charge in [-0.3, -0.25) is 0 Å². The van der Waals surface area contributed by atoms with Crippen molar-refractivity contribution in [1.29, 1.82) is 0 Å². The summed E-state index contributed by atoms with van der Waals surface area (Å²) in [6.07, 6.45) is 1.79. The monoisotopic (exact) mass is 426 g/mol. The van der Waals surface area contributed by atoms with Crippen LogP contribution < -0.4 is 19.5 Å². The Labute approximate surface area is 150 Å². The van der Waals surface area contributed by atoms with Gasteiger partial charge in [0.25, 0.3) is 0 Å². The van der Waals surface area contributed by atoms with E-state index >= 15 is 0 Å². The highest BCUT2D eigenvalue weighted by Gasteiger charge is 2.29. The van der Waals surface area contributed by atoms with Crippen LogP contribution in [-0.4, -0.2) is 40.3 Å². The third-order valence-corrected chi connectivity index (χ3v) is 6.40. The van der Waals surface area contributed by atoms with E-state index in [0.29, 0.717) is 29.2 Å². The van der Waals surface area contributed by atoms with Crippen molar-refractivity contribution in [3.8, 4) is 11.5 Å². The standard InChI is InChI=1S/C14H19BrN2O4S.ClH/c1-9-11(3-2-4-16-9)17-22(18,19)14-8-13-12(7-10(14)15)20-5-6-21-13;/h7-9,11,16-17H,2-6H2,1H3;1H. The molecule has 2 aliphatic heterocycles. The van der Waals surface area contributed by atoms with Crippen molar-refractivity contribution in [3.63, 3.8) is 0 Å². The maximum Gasteiger partial charge on any atom is 0.242 e. The number of piperidine rings is 1. The number of sulfonamides is 1. The van der Waals surface area contributed by atoms with Gasteiger partial charge in [0.1, 0.15) is 18.1 Å². The second-order valence-corrected chi connectivity index (χ2v) is 8.08. The molecule has 0 radical (unpaired) electrons. The molecule has 0 aliphatic carbocycles. The molecule has 0 bridgehead atoms. The number of rotatable bonds is 3. The van der Waals surface area contributed by atoms with Crippen LogP contribution in [0.5, 0.6) is 11.5 Å². The number of halogens is 2. The maximum atomic E-state index is 12.7. The Hall–Kier alpha value is -0.540. The molecule has 2 unspecified atom stereocenters. The molecule has 1 fully saturated rings. The van der Waals surface area contributed by atoms with Crippen LogP contribution >= 0.6 is 28.3 Å². The summed E-state index contributed by atoms with van der Waals surface area (Å²) in [7, 11) is -3.63. The summed E-state index contributed by atoms with van der Waals surface area (Å²) in [6, 6.07) is 3.16. The van der Waals surface area contributed by atoms with Gasteiger partial charge in [-0.2, -0.15) is 0 Å². The number of hydrogen-bond acceptors (Lipinski definition) is 5. The van der Waals surface area contributed by atoms with E-state index in [1.807, 2.05) is 6.92 Å². The zero-order valence-electron chi connectivity index (χ0n) is 12.7. The molecule has 1 aromatic carbocycles. The van der Waals surface area contributed by atoms with Gasteiger partial charge in [0.15, 0.2) is 11.5 Å². The summed E-state index contributed by atoms with van der Waals surface area (Å²) in [6.45, 7) is 3.80. The lowest BCUT2D eigenvalue weighted by atomic mass is 10.0. The minimum atomic E-state index is -3.63. The van der Waals surface area contributed by atoms with Gasteiger partial charge in [0.05, 0.1) is 0 Å². The molecule has 23 heavy (non-hydrogen) atoms. The van der Waals surface area contributed by atoms with Crippen LogP contribution in [0.4, 0.5) is 0 Å². The van der Waals surface area contributed by atoms with E-state index in [1.54, 1.807) is 6.07 Å². The number of hydrogen-bond donors (Lipinski definition) is 2. The molecule has 6 nitrogen and oxygen atoms in total. The summed E-state index contributed by atoms with van der Waals surface area (Å²) >= 11 is 3.32. The second kappa shape index (κ2) is 7.57. The summed E-state index contributed by atoms with van der Waals surface area (Å²) in [5, 5.41) is 3.29. The average Bonchev–Trinajstić information content (AvgIpc) is 2.48. The summed E-state index contributed by atoms with van der Waals surface area (Å²) < 4.78 is 39.6. The van der Waals surface area contributed by atoms with Crippen molar-refractivity contribution in [2.24, 2.45) is 0 Å². The fourth-order valence-electron chi connectivity index (χ4n) is 2.72. The fourth-order valence-corrected chi connectivity index (χ4v) is 5.11. The highest BCUT2D eigenvalue weighted by Crippen LogP contribution is 2.37. The van der Waals surface area contributed by atoms with Crippen LogP contribution in [0.1, 0.15) is 19.8 Å². The number of nitrogens with one attached hydrogen (secondary N) is 2. The van der Waals surface area contributed by atoms with E-state index in [1.165, 1.54) is 6.07 Å². The van der Waals surface area contributed by atoms with Crippen LogP contribution in [-0.2, 0) is 10.0 Å². The average molecular weight is 428 g/mol. The molecule has 9 heteroatoms. The number of benzene rings is 1. The molecule has 2 N–H and O–H groups in total. The minimum absolute atomic E-state index is 0. The molecular weight excluding hydrogens is 408 g/mol. The van der Waals surface area contributed by atoms with Crippen LogP contribution in [0.3, 0.4) is 0 Å². The van der Waals surface area contributed by atoms with Gasteiger partial charge in [0, 0.05) is 22.6 Å². The van der Waals surface area contributed by atoms with Gasteiger partial charge in [0.2, 0.25) is 10.0 Å². The van der Waals surface area contributed by atoms with Gasteiger partial charge in [-0.25, -0.2) is 13.1 Å². The molecule has 1 saturated heterocycles. The summed E-state index contributed by atoms with van der Waals surface area (Å²) in [4.78, 5) is 0.175.